The van der Waals surface area contributed by atoms with E-state index in [2.05, 4.69) is 4.98 Å². The third-order valence-electron chi connectivity index (χ3n) is 3.67. The largest absolute Gasteiger partial charge is 0.386 e. The number of aliphatic hydroxyl groups excluding tert-OH is 1. The number of aromatic nitrogens is 1. The number of nitrogens with zero attached hydrogens (tertiary/aromatic N) is 2. The van der Waals surface area contributed by atoms with Gasteiger partial charge in [0.25, 0.3) is 0 Å². The van der Waals surface area contributed by atoms with Crippen LogP contribution in [0.3, 0.4) is 0 Å². The highest BCUT2D eigenvalue weighted by molar-refractivity contribution is 6.30. The number of benzene rings is 1. The van der Waals surface area contributed by atoms with Crippen LogP contribution >= 0.6 is 11.6 Å². The number of amides is 1. The fourth-order valence-electron chi connectivity index (χ4n) is 2.41. The Balaban J connectivity index is 2.07. The molecule has 0 spiro atoms. The molecule has 0 aliphatic heterocycles. The molecule has 1 aromatic carbocycles. The van der Waals surface area contributed by atoms with Crippen molar-refractivity contribution in [2.24, 2.45) is 0 Å². The van der Waals surface area contributed by atoms with Crippen LogP contribution in [-0.4, -0.2) is 34.0 Å². The van der Waals surface area contributed by atoms with E-state index in [0.29, 0.717) is 22.7 Å². The lowest BCUT2D eigenvalue weighted by Crippen LogP contribution is -2.36. The normalized spacial score (nSPS) is 12.0. The molecule has 1 N–H and O–H groups in total. The summed E-state index contributed by atoms with van der Waals surface area (Å²) in [6.45, 7) is 2.58. The first-order valence-electron chi connectivity index (χ1n) is 7.81. The Bertz CT molecular complexity index is 682. The zero-order valence-electron chi connectivity index (χ0n) is 13.5. The first kappa shape index (κ1) is 18.4. The SMILES string of the molecule is CCCN(CC(O)c1cccnc1)C(=O)Cc1ccc(Cl)cc1F. The minimum absolute atomic E-state index is 0.0667. The van der Waals surface area contributed by atoms with Gasteiger partial charge in [-0.1, -0.05) is 30.7 Å². The summed E-state index contributed by atoms with van der Waals surface area (Å²) in [5, 5.41) is 10.6. The Morgan fingerprint density at radius 2 is 2.21 bits per heavy atom. The highest BCUT2D eigenvalue weighted by atomic mass is 35.5. The molecule has 1 heterocycles. The van der Waals surface area contributed by atoms with Crippen LogP contribution in [-0.2, 0) is 11.2 Å². The van der Waals surface area contributed by atoms with Crippen molar-refractivity contribution in [1.82, 2.24) is 9.88 Å². The van der Waals surface area contributed by atoms with Crippen molar-refractivity contribution in [3.05, 3.63) is 64.7 Å². The third-order valence-corrected chi connectivity index (χ3v) is 3.90. The maximum atomic E-state index is 13.9. The first-order valence-corrected chi connectivity index (χ1v) is 8.18. The van der Waals surface area contributed by atoms with Crippen LogP contribution in [0.25, 0.3) is 0 Å². The van der Waals surface area contributed by atoms with E-state index >= 15 is 0 Å². The smallest absolute Gasteiger partial charge is 0.227 e. The molecule has 1 amide bonds. The van der Waals surface area contributed by atoms with Gasteiger partial charge in [0.2, 0.25) is 5.91 Å². The molecular weight excluding hydrogens is 331 g/mol. The van der Waals surface area contributed by atoms with Crippen molar-refractivity contribution in [3.8, 4) is 0 Å². The van der Waals surface area contributed by atoms with Crippen LogP contribution in [0.4, 0.5) is 4.39 Å². The van der Waals surface area contributed by atoms with Crippen LogP contribution < -0.4 is 0 Å². The van der Waals surface area contributed by atoms with Crippen molar-refractivity contribution in [1.29, 1.82) is 0 Å². The molecule has 1 aromatic heterocycles. The van der Waals surface area contributed by atoms with E-state index in [-0.39, 0.29) is 18.9 Å². The van der Waals surface area contributed by atoms with Crippen molar-refractivity contribution in [3.63, 3.8) is 0 Å². The van der Waals surface area contributed by atoms with Crippen LogP contribution in [0.5, 0.6) is 0 Å². The second kappa shape index (κ2) is 8.76. The van der Waals surface area contributed by atoms with Gasteiger partial charge in [-0.05, 0) is 30.2 Å². The highest BCUT2D eigenvalue weighted by Crippen LogP contribution is 2.17. The Labute approximate surface area is 145 Å². The molecule has 1 atom stereocenters. The van der Waals surface area contributed by atoms with E-state index in [1.807, 2.05) is 6.92 Å². The van der Waals surface area contributed by atoms with E-state index in [0.717, 1.165) is 6.42 Å². The summed E-state index contributed by atoms with van der Waals surface area (Å²) in [6.07, 6.45) is 3.04. The molecule has 1 unspecified atom stereocenters. The molecular formula is C18H20ClFN2O2. The Hall–Kier alpha value is -1.98. The van der Waals surface area contributed by atoms with Crippen LogP contribution in [0, 0.1) is 5.82 Å². The summed E-state index contributed by atoms with van der Waals surface area (Å²) in [5.41, 5.74) is 0.936. The fourth-order valence-corrected chi connectivity index (χ4v) is 2.57. The van der Waals surface area contributed by atoms with Crippen LogP contribution in [0.2, 0.25) is 5.02 Å². The van der Waals surface area contributed by atoms with Gasteiger partial charge in [0, 0.05) is 29.5 Å². The van der Waals surface area contributed by atoms with Gasteiger partial charge < -0.3 is 10.0 Å². The maximum absolute atomic E-state index is 13.9. The summed E-state index contributed by atoms with van der Waals surface area (Å²) in [6, 6.07) is 7.75. The number of hydrogen-bond donors (Lipinski definition) is 1. The van der Waals surface area contributed by atoms with Gasteiger partial charge in [-0.2, -0.15) is 0 Å². The monoisotopic (exact) mass is 350 g/mol. The first-order chi connectivity index (χ1) is 11.5. The lowest BCUT2D eigenvalue weighted by atomic mass is 10.1. The van der Waals surface area contributed by atoms with Crippen LogP contribution in [0.1, 0.15) is 30.6 Å². The zero-order valence-corrected chi connectivity index (χ0v) is 14.2. The van der Waals surface area contributed by atoms with Gasteiger partial charge in [0.1, 0.15) is 5.82 Å². The fraction of sp³-hybridized carbons (Fsp3) is 0.333. The van der Waals surface area contributed by atoms with Gasteiger partial charge >= 0.3 is 0 Å². The second-order valence-corrected chi connectivity index (χ2v) is 5.99. The molecule has 4 nitrogen and oxygen atoms in total. The standard InChI is InChI=1S/C18H20ClFN2O2/c1-2-8-22(12-17(23)14-4-3-7-21-11-14)18(24)9-13-5-6-15(19)10-16(13)20/h3-7,10-11,17,23H,2,8-9,12H2,1H3. The third kappa shape index (κ3) is 5.01. The second-order valence-electron chi connectivity index (χ2n) is 5.55. The molecule has 24 heavy (non-hydrogen) atoms. The summed E-state index contributed by atoms with van der Waals surface area (Å²) in [7, 11) is 0. The summed E-state index contributed by atoms with van der Waals surface area (Å²) in [4.78, 5) is 18.0. The average Bonchev–Trinajstić information content (AvgIpc) is 2.57. The minimum atomic E-state index is -0.829. The lowest BCUT2D eigenvalue weighted by Gasteiger charge is -2.25. The van der Waals surface area contributed by atoms with E-state index in [1.165, 1.54) is 12.1 Å². The van der Waals surface area contributed by atoms with Crippen LogP contribution in [0.15, 0.2) is 42.7 Å². The predicted molar refractivity (Wildman–Crippen MR) is 91.2 cm³/mol. The predicted octanol–water partition coefficient (Wildman–Crippen LogP) is 3.39. The molecule has 0 bridgehead atoms. The molecule has 2 rings (SSSR count). The average molecular weight is 351 g/mol. The van der Waals surface area contributed by atoms with E-state index in [4.69, 9.17) is 11.6 Å². The van der Waals surface area contributed by atoms with Crippen molar-refractivity contribution < 1.29 is 14.3 Å². The van der Waals surface area contributed by atoms with E-state index < -0.39 is 11.9 Å². The summed E-state index contributed by atoms with van der Waals surface area (Å²) in [5.74, 6) is -0.735. The molecule has 0 saturated carbocycles. The van der Waals surface area contributed by atoms with Gasteiger partial charge in [-0.25, -0.2) is 4.39 Å². The van der Waals surface area contributed by atoms with E-state index in [1.54, 1.807) is 35.5 Å². The van der Waals surface area contributed by atoms with Crippen molar-refractivity contribution in [2.45, 2.75) is 25.9 Å². The molecule has 0 radical (unpaired) electrons. The number of carbonyl (C=O) groups excluding carboxylic acids is 1. The Morgan fingerprint density at radius 3 is 2.83 bits per heavy atom. The molecule has 0 saturated heterocycles. The molecule has 0 aliphatic carbocycles. The number of rotatable bonds is 7. The van der Waals surface area contributed by atoms with Gasteiger partial charge in [0.05, 0.1) is 19.1 Å². The van der Waals surface area contributed by atoms with Gasteiger partial charge in [0.15, 0.2) is 0 Å². The van der Waals surface area contributed by atoms with Gasteiger partial charge in [-0.3, -0.25) is 9.78 Å². The number of hydrogen-bond acceptors (Lipinski definition) is 3. The minimum Gasteiger partial charge on any atom is -0.386 e. The number of carbonyl (C=O) groups is 1. The topological polar surface area (TPSA) is 53.4 Å². The molecule has 6 heteroatoms. The van der Waals surface area contributed by atoms with E-state index in [9.17, 15) is 14.3 Å². The molecule has 2 aromatic rings. The van der Waals surface area contributed by atoms with Gasteiger partial charge in [-0.15, -0.1) is 0 Å². The lowest BCUT2D eigenvalue weighted by molar-refractivity contribution is -0.132. The number of halogens is 2. The summed E-state index contributed by atoms with van der Waals surface area (Å²) >= 11 is 5.73. The van der Waals surface area contributed by atoms with Crippen molar-refractivity contribution in [2.75, 3.05) is 13.1 Å². The molecule has 0 fully saturated rings. The molecule has 128 valence electrons. The zero-order chi connectivity index (χ0) is 17.5. The quantitative estimate of drug-likeness (QED) is 0.832. The Morgan fingerprint density at radius 1 is 1.42 bits per heavy atom. The highest BCUT2D eigenvalue weighted by Gasteiger charge is 2.19. The maximum Gasteiger partial charge on any atom is 0.227 e. The molecule has 0 aliphatic rings. The van der Waals surface area contributed by atoms with Crippen molar-refractivity contribution >= 4 is 17.5 Å². The number of pyridine rings is 1. The Kier molecular flexibility index (Phi) is 6.70. The summed E-state index contributed by atoms with van der Waals surface area (Å²) < 4.78 is 13.9. The number of aliphatic hydroxyl groups is 1.